The minimum atomic E-state index is -5.08. The summed E-state index contributed by atoms with van der Waals surface area (Å²) in [6, 6.07) is 10.1. The molecule has 1 unspecified atom stereocenters. The molecule has 31 heavy (non-hydrogen) atoms. The monoisotopic (exact) mass is 443 g/mol. The lowest BCUT2D eigenvalue weighted by atomic mass is 10.1. The van der Waals surface area contributed by atoms with E-state index in [0.717, 1.165) is 17.7 Å². The lowest BCUT2D eigenvalue weighted by molar-refractivity contribution is -0.192. The molecule has 0 saturated heterocycles. The second kappa shape index (κ2) is 9.04. The maximum Gasteiger partial charge on any atom is 0.490 e. The number of benzene rings is 1. The summed E-state index contributed by atoms with van der Waals surface area (Å²) < 4.78 is 53.1. The van der Waals surface area contributed by atoms with Crippen molar-refractivity contribution in [2.24, 2.45) is 0 Å². The highest BCUT2D eigenvalue weighted by atomic mass is 19.4. The Balaban J connectivity index is 0.000000339. The minimum Gasteiger partial charge on any atom is -0.475 e. The van der Waals surface area contributed by atoms with Crippen LogP contribution in [0.25, 0.3) is 0 Å². The van der Waals surface area contributed by atoms with Gasteiger partial charge in [-0.1, -0.05) is 30.3 Å². The molecule has 2 aliphatic rings. The van der Waals surface area contributed by atoms with Crippen LogP contribution in [0.5, 0.6) is 0 Å². The van der Waals surface area contributed by atoms with E-state index in [4.69, 9.17) is 14.6 Å². The molecular formula is C20H21F4N3O4. The highest BCUT2D eigenvalue weighted by Gasteiger charge is 2.50. The molecular weight excluding hydrogens is 422 g/mol. The molecule has 2 N–H and O–H groups in total. The Hall–Kier alpha value is -2.95. The Morgan fingerprint density at radius 1 is 1.26 bits per heavy atom. The number of carbonyl (C=O) groups excluding carboxylic acids is 1. The van der Waals surface area contributed by atoms with Crippen molar-refractivity contribution in [1.82, 2.24) is 15.1 Å². The van der Waals surface area contributed by atoms with Crippen molar-refractivity contribution in [2.45, 2.75) is 43.8 Å². The molecule has 11 heteroatoms. The third kappa shape index (κ3) is 6.03. The molecule has 7 nitrogen and oxygen atoms in total. The summed E-state index contributed by atoms with van der Waals surface area (Å²) >= 11 is 0. The number of fused-ring (bicyclic) bond motifs is 1. The summed E-state index contributed by atoms with van der Waals surface area (Å²) in [6.45, 7) is 1.55. The molecule has 4 rings (SSSR count). The first-order chi connectivity index (χ1) is 14.6. The van der Waals surface area contributed by atoms with E-state index in [1.165, 1.54) is 5.56 Å². The van der Waals surface area contributed by atoms with Gasteiger partial charge in [0, 0.05) is 12.7 Å². The van der Waals surface area contributed by atoms with Gasteiger partial charge in [0.05, 0.1) is 18.8 Å². The molecule has 1 fully saturated rings. The van der Waals surface area contributed by atoms with Gasteiger partial charge in [0.2, 0.25) is 0 Å². The summed E-state index contributed by atoms with van der Waals surface area (Å²) in [5.74, 6) is -3.28. The smallest absolute Gasteiger partial charge is 0.475 e. The second-order valence-corrected chi connectivity index (χ2v) is 7.31. The number of nitrogens with zero attached hydrogens (tertiary/aromatic N) is 2. The topological polar surface area (TPSA) is 93.5 Å². The van der Waals surface area contributed by atoms with E-state index in [1.54, 1.807) is 0 Å². The first kappa shape index (κ1) is 22.7. The Bertz CT molecular complexity index is 926. The first-order valence-electron chi connectivity index (χ1n) is 9.57. The van der Waals surface area contributed by atoms with E-state index in [9.17, 15) is 22.4 Å². The number of alkyl halides is 4. The minimum absolute atomic E-state index is 0.264. The number of hydrogen-bond acceptors (Lipinski definition) is 4. The number of aromatic nitrogens is 2. The van der Waals surface area contributed by atoms with Crippen molar-refractivity contribution in [3.63, 3.8) is 0 Å². The average Bonchev–Trinajstić information content (AvgIpc) is 3.33. The highest BCUT2D eigenvalue weighted by molar-refractivity contribution is 5.87. The second-order valence-electron chi connectivity index (χ2n) is 7.31. The maximum atomic E-state index is 13.7. The fraction of sp³-hybridized carbons (Fsp3) is 0.450. The number of carbonyl (C=O) groups is 2. The molecule has 0 bridgehead atoms. The van der Waals surface area contributed by atoms with Crippen molar-refractivity contribution in [3.05, 3.63) is 53.3 Å². The number of ether oxygens (including phenoxy) is 1. The number of halogens is 4. The van der Waals surface area contributed by atoms with E-state index in [0.29, 0.717) is 26.0 Å². The van der Waals surface area contributed by atoms with Crippen LogP contribution in [0.1, 0.15) is 35.8 Å². The summed E-state index contributed by atoms with van der Waals surface area (Å²) in [5.41, 5.74) is 1.51. The number of carboxylic acid groups (broad SMARTS) is 1. The van der Waals surface area contributed by atoms with Crippen LogP contribution in [0, 0.1) is 0 Å². The van der Waals surface area contributed by atoms with E-state index >= 15 is 0 Å². The van der Waals surface area contributed by atoms with Crippen LogP contribution in [-0.4, -0.2) is 51.8 Å². The largest absolute Gasteiger partial charge is 0.490 e. The van der Waals surface area contributed by atoms with Gasteiger partial charge >= 0.3 is 12.1 Å². The van der Waals surface area contributed by atoms with Gasteiger partial charge in [0.15, 0.2) is 5.67 Å². The Labute approximate surface area is 175 Å². The van der Waals surface area contributed by atoms with Crippen LogP contribution in [0.3, 0.4) is 0 Å². The Kier molecular flexibility index (Phi) is 6.63. The van der Waals surface area contributed by atoms with Crippen LogP contribution in [0.2, 0.25) is 0 Å². The number of amides is 1. The molecule has 2 aromatic rings. The number of hydrogen-bond donors (Lipinski definition) is 2. The van der Waals surface area contributed by atoms with Crippen molar-refractivity contribution >= 4 is 11.9 Å². The van der Waals surface area contributed by atoms with Crippen LogP contribution in [-0.2, 0) is 27.3 Å². The average molecular weight is 443 g/mol. The molecule has 1 aliphatic carbocycles. The molecule has 168 valence electrons. The van der Waals surface area contributed by atoms with Crippen molar-refractivity contribution < 1.29 is 37.0 Å². The molecule has 1 atom stereocenters. The molecule has 1 aromatic carbocycles. The zero-order valence-corrected chi connectivity index (χ0v) is 16.4. The third-order valence-corrected chi connectivity index (χ3v) is 4.84. The molecule has 2 heterocycles. The summed E-state index contributed by atoms with van der Waals surface area (Å²) in [7, 11) is 0. The van der Waals surface area contributed by atoms with E-state index in [2.05, 4.69) is 22.5 Å². The zero-order chi connectivity index (χ0) is 22.6. The van der Waals surface area contributed by atoms with Crippen LogP contribution < -0.4 is 5.32 Å². The van der Waals surface area contributed by atoms with Crippen molar-refractivity contribution in [1.29, 1.82) is 0 Å². The van der Waals surface area contributed by atoms with Gasteiger partial charge in [-0.05, 0) is 30.4 Å². The van der Waals surface area contributed by atoms with Gasteiger partial charge in [0.25, 0.3) is 5.91 Å². The molecule has 1 amide bonds. The normalized spacial score (nSPS) is 18.9. The number of aliphatic carboxylic acids is 1. The standard InChI is InChI=1S/C18H20FN3O2.C2HF3O2/c19-18(7-8-18)17(23)20-10-15-16-14(6-9-24-15)12-22(21-16)11-13-4-2-1-3-5-13;3-2(4,5)1(6)7/h1-5,12,15H,6-11H2,(H,20,23);(H,6,7). The quantitative estimate of drug-likeness (QED) is 0.694. The van der Waals surface area contributed by atoms with Gasteiger partial charge in [-0.15, -0.1) is 0 Å². The summed E-state index contributed by atoms with van der Waals surface area (Å²) in [4.78, 5) is 20.7. The van der Waals surface area contributed by atoms with Crippen molar-refractivity contribution in [3.8, 4) is 0 Å². The summed E-state index contributed by atoms with van der Waals surface area (Å²) in [6.07, 6.45) is -1.90. The highest BCUT2D eigenvalue weighted by Crippen LogP contribution is 2.40. The maximum absolute atomic E-state index is 13.7. The number of rotatable bonds is 5. The number of nitrogens with one attached hydrogen (secondary N) is 1. The SMILES string of the molecule is O=C(NCC1OCCc2cn(Cc3ccccc3)nc21)C1(F)CC1.O=C(O)C(F)(F)F. The third-order valence-electron chi connectivity index (χ3n) is 4.84. The van der Waals surface area contributed by atoms with Gasteiger partial charge in [-0.25, -0.2) is 9.18 Å². The van der Waals surface area contributed by atoms with Crippen LogP contribution in [0.15, 0.2) is 36.5 Å². The van der Waals surface area contributed by atoms with Gasteiger partial charge in [-0.3, -0.25) is 9.48 Å². The van der Waals surface area contributed by atoms with E-state index in [1.807, 2.05) is 29.1 Å². The molecule has 1 aliphatic heterocycles. The molecule has 0 radical (unpaired) electrons. The number of carboxylic acids is 1. The molecule has 1 saturated carbocycles. The Morgan fingerprint density at radius 2 is 1.90 bits per heavy atom. The molecule has 0 spiro atoms. The van der Waals surface area contributed by atoms with Gasteiger partial charge in [0.1, 0.15) is 6.10 Å². The first-order valence-corrected chi connectivity index (χ1v) is 9.57. The lowest BCUT2D eigenvalue weighted by Gasteiger charge is -2.22. The van der Waals surface area contributed by atoms with Crippen LogP contribution in [0.4, 0.5) is 17.6 Å². The van der Waals surface area contributed by atoms with E-state index < -0.39 is 23.7 Å². The van der Waals surface area contributed by atoms with Gasteiger partial charge in [-0.2, -0.15) is 18.3 Å². The lowest BCUT2D eigenvalue weighted by Crippen LogP contribution is -2.37. The zero-order valence-electron chi connectivity index (χ0n) is 16.4. The van der Waals surface area contributed by atoms with Crippen LogP contribution >= 0.6 is 0 Å². The fourth-order valence-electron chi connectivity index (χ4n) is 3.02. The van der Waals surface area contributed by atoms with Crippen molar-refractivity contribution in [2.75, 3.05) is 13.2 Å². The Morgan fingerprint density at radius 3 is 2.48 bits per heavy atom. The fourth-order valence-corrected chi connectivity index (χ4v) is 3.02. The summed E-state index contributed by atoms with van der Waals surface area (Å²) in [5, 5.41) is 14.4. The predicted octanol–water partition coefficient (Wildman–Crippen LogP) is 2.80. The van der Waals surface area contributed by atoms with Gasteiger partial charge < -0.3 is 15.2 Å². The van der Waals surface area contributed by atoms with E-state index in [-0.39, 0.29) is 12.6 Å². The molecule has 1 aromatic heterocycles. The predicted molar refractivity (Wildman–Crippen MR) is 99.9 cm³/mol.